The minimum absolute atomic E-state index is 0.0324. The Bertz CT molecular complexity index is 1400. The van der Waals surface area contributed by atoms with Crippen molar-refractivity contribution in [2.75, 3.05) is 12.1 Å². The van der Waals surface area contributed by atoms with E-state index in [-0.39, 0.29) is 30.0 Å². The molecule has 0 saturated carbocycles. The summed E-state index contributed by atoms with van der Waals surface area (Å²) in [5.74, 6) is -1.19. The van der Waals surface area contributed by atoms with Gasteiger partial charge in [-0.05, 0) is 67.1 Å². The Labute approximate surface area is 210 Å². The number of fused-ring (bicyclic) bond motifs is 2. The number of imide groups is 1. The maximum absolute atomic E-state index is 13.0. The Morgan fingerprint density at radius 1 is 0.972 bits per heavy atom. The number of halogens is 1. The van der Waals surface area contributed by atoms with Gasteiger partial charge in [-0.25, -0.2) is 4.79 Å². The molecule has 1 atom stereocenters. The standard InChI is InChI=1S/C26H19ClN2O7/c1-14(23(30)28-18-6-4-17(27)5-7-18)36-26(33)16-3-8-19-20(11-16)25(32)29(24(19)31)12-15-2-9-21-22(10-15)35-13-34-21/h2-11,14H,12-13H2,1H3,(H,28,30). The molecule has 182 valence electrons. The molecule has 3 aromatic rings. The van der Waals surface area contributed by atoms with E-state index < -0.39 is 29.8 Å². The van der Waals surface area contributed by atoms with Crippen molar-refractivity contribution in [3.05, 3.63) is 87.9 Å². The first kappa shape index (κ1) is 23.4. The van der Waals surface area contributed by atoms with Crippen LogP contribution in [0.5, 0.6) is 11.5 Å². The number of carbonyl (C=O) groups excluding carboxylic acids is 4. The Balaban J connectivity index is 1.26. The van der Waals surface area contributed by atoms with Crippen LogP contribution in [0.1, 0.15) is 43.6 Å². The number of nitrogens with zero attached hydrogens (tertiary/aromatic N) is 1. The summed E-state index contributed by atoms with van der Waals surface area (Å²) in [6, 6.07) is 15.8. The summed E-state index contributed by atoms with van der Waals surface area (Å²) in [6.07, 6.45) is -1.11. The first-order valence-electron chi connectivity index (χ1n) is 11.0. The molecule has 0 spiro atoms. The molecule has 0 radical (unpaired) electrons. The van der Waals surface area contributed by atoms with Crippen molar-refractivity contribution in [2.24, 2.45) is 0 Å². The molecule has 36 heavy (non-hydrogen) atoms. The molecule has 0 aromatic heterocycles. The molecule has 5 rings (SSSR count). The van der Waals surface area contributed by atoms with Crippen LogP contribution >= 0.6 is 11.6 Å². The highest BCUT2D eigenvalue weighted by molar-refractivity contribution is 6.30. The third-order valence-electron chi connectivity index (χ3n) is 5.75. The fourth-order valence-electron chi connectivity index (χ4n) is 3.84. The summed E-state index contributed by atoms with van der Waals surface area (Å²) < 4.78 is 15.9. The highest BCUT2D eigenvalue weighted by Gasteiger charge is 2.36. The van der Waals surface area contributed by atoms with Crippen molar-refractivity contribution < 1.29 is 33.4 Å². The Morgan fingerprint density at radius 2 is 1.69 bits per heavy atom. The molecule has 0 fully saturated rings. The molecule has 2 aliphatic heterocycles. The first-order chi connectivity index (χ1) is 17.3. The van der Waals surface area contributed by atoms with Gasteiger partial charge in [-0.15, -0.1) is 0 Å². The number of benzene rings is 3. The van der Waals surface area contributed by atoms with E-state index >= 15 is 0 Å². The Morgan fingerprint density at radius 3 is 2.47 bits per heavy atom. The lowest BCUT2D eigenvalue weighted by Crippen LogP contribution is -2.30. The lowest BCUT2D eigenvalue weighted by molar-refractivity contribution is -0.123. The van der Waals surface area contributed by atoms with E-state index in [1.807, 2.05) is 0 Å². The molecule has 1 N–H and O–H groups in total. The molecule has 1 unspecified atom stereocenters. The van der Waals surface area contributed by atoms with Gasteiger partial charge >= 0.3 is 5.97 Å². The van der Waals surface area contributed by atoms with Crippen LogP contribution in [-0.2, 0) is 16.1 Å². The van der Waals surface area contributed by atoms with Gasteiger partial charge in [-0.1, -0.05) is 17.7 Å². The average molecular weight is 507 g/mol. The lowest BCUT2D eigenvalue weighted by Gasteiger charge is -2.14. The van der Waals surface area contributed by atoms with E-state index in [1.54, 1.807) is 42.5 Å². The van der Waals surface area contributed by atoms with E-state index in [9.17, 15) is 19.2 Å². The average Bonchev–Trinajstić information content (AvgIpc) is 3.43. The van der Waals surface area contributed by atoms with Crippen LogP contribution in [0.25, 0.3) is 0 Å². The predicted molar refractivity (Wildman–Crippen MR) is 128 cm³/mol. The molecule has 2 aliphatic rings. The molecule has 2 heterocycles. The number of hydrogen-bond acceptors (Lipinski definition) is 7. The van der Waals surface area contributed by atoms with E-state index in [0.29, 0.717) is 27.8 Å². The number of rotatable bonds is 6. The van der Waals surface area contributed by atoms with Gasteiger partial charge in [0, 0.05) is 10.7 Å². The number of esters is 1. The smallest absolute Gasteiger partial charge is 0.338 e. The number of amides is 3. The van der Waals surface area contributed by atoms with Crippen LogP contribution in [0.2, 0.25) is 5.02 Å². The van der Waals surface area contributed by atoms with Crippen molar-refractivity contribution in [3.8, 4) is 11.5 Å². The van der Waals surface area contributed by atoms with Gasteiger partial charge in [-0.3, -0.25) is 19.3 Å². The van der Waals surface area contributed by atoms with Gasteiger partial charge in [-0.2, -0.15) is 0 Å². The van der Waals surface area contributed by atoms with Crippen LogP contribution in [0.3, 0.4) is 0 Å². The zero-order chi connectivity index (χ0) is 25.4. The summed E-state index contributed by atoms with van der Waals surface area (Å²) in [5.41, 5.74) is 1.51. The first-order valence-corrected chi connectivity index (χ1v) is 11.3. The summed E-state index contributed by atoms with van der Waals surface area (Å²) in [5, 5.41) is 3.15. The van der Waals surface area contributed by atoms with Crippen LogP contribution in [0, 0.1) is 0 Å². The van der Waals surface area contributed by atoms with Crippen molar-refractivity contribution in [1.82, 2.24) is 4.90 Å². The molecule has 0 aliphatic carbocycles. The van der Waals surface area contributed by atoms with Gasteiger partial charge in [0.15, 0.2) is 17.6 Å². The zero-order valence-electron chi connectivity index (χ0n) is 18.9. The molecule has 3 aromatic carbocycles. The SMILES string of the molecule is CC(OC(=O)c1ccc2c(c1)C(=O)N(Cc1ccc3c(c1)OCO3)C2=O)C(=O)Nc1ccc(Cl)cc1. The van der Waals surface area contributed by atoms with Crippen LogP contribution in [0.4, 0.5) is 5.69 Å². The monoisotopic (exact) mass is 506 g/mol. The number of carbonyl (C=O) groups is 4. The quantitative estimate of drug-likeness (QED) is 0.396. The van der Waals surface area contributed by atoms with Gasteiger partial charge in [0.25, 0.3) is 17.7 Å². The number of ether oxygens (including phenoxy) is 3. The van der Waals surface area contributed by atoms with Crippen LogP contribution < -0.4 is 14.8 Å². The number of hydrogen-bond donors (Lipinski definition) is 1. The highest BCUT2D eigenvalue weighted by atomic mass is 35.5. The summed E-state index contributed by atoms with van der Waals surface area (Å²) in [4.78, 5) is 52.0. The van der Waals surface area contributed by atoms with Crippen molar-refractivity contribution in [3.63, 3.8) is 0 Å². The second-order valence-electron chi connectivity index (χ2n) is 8.19. The maximum Gasteiger partial charge on any atom is 0.338 e. The van der Waals surface area contributed by atoms with Crippen LogP contribution in [-0.4, -0.2) is 41.5 Å². The molecule has 10 heteroatoms. The normalized spacial score (nSPS) is 14.4. The molecule has 0 bridgehead atoms. The molecule has 9 nitrogen and oxygen atoms in total. The van der Waals surface area contributed by atoms with Gasteiger partial charge < -0.3 is 19.5 Å². The van der Waals surface area contributed by atoms with Gasteiger partial charge in [0.05, 0.1) is 23.2 Å². The maximum atomic E-state index is 13.0. The third-order valence-corrected chi connectivity index (χ3v) is 6.00. The van der Waals surface area contributed by atoms with Gasteiger partial charge in [0.2, 0.25) is 6.79 Å². The largest absolute Gasteiger partial charge is 0.454 e. The number of nitrogens with one attached hydrogen (secondary N) is 1. The lowest BCUT2D eigenvalue weighted by atomic mass is 10.1. The predicted octanol–water partition coefficient (Wildman–Crippen LogP) is 4.05. The summed E-state index contributed by atoms with van der Waals surface area (Å²) in [6.45, 7) is 1.58. The van der Waals surface area contributed by atoms with Gasteiger partial charge in [0.1, 0.15) is 0 Å². The van der Waals surface area contributed by atoms with Crippen molar-refractivity contribution in [1.29, 1.82) is 0 Å². The second-order valence-corrected chi connectivity index (χ2v) is 8.62. The highest BCUT2D eigenvalue weighted by Crippen LogP contribution is 2.34. The summed E-state index contributed by atoms with van der Waals surface area (Å²) >= 11 is 5.84. The van der Waals surface area contributed by atoms with Crippen molar-refractivity contribution >= 4 is 41.0 Å². The van der Waals surface area contributed by atoms with E-state index in [2.05, 4.69) is 5.32 Å². The topological polar surface area (TPSA) is 111 Å². The fraction of sp³-hybridized carbons (Fsp3) is 0.154. The fourth-order valence-corrected chi connectivity index (χ4v) is 3.97. The molecule has 3 amide bonds. The summed E-state index contributed by atoms with van der Waals surface area (Å²) in [7, 11) is 0. The van der Waals surface area contributed by atoms with Crippen LogP contribution in [0.15, 0.2) is 60.7 Å². The molecule has 0 saturated heterocycles. The van der Waals surface area contributed by atoms with Crippen molar-refractivity contribution in [2.45, 2.75) is 19.6 Å². The third kappa shape index (κ3) is 4.48. The minimum atomic E-state index is -1.11. The Hall–Kier alpha value is -4.37. The molecular formula is C26H19ClN2O7. The second kappa shape index (κ2) is 9.35. The minimum Gasteiger partial charge on any atom is -0.454 e. The molecular weight excluding hydrogens is 488 g/mol. The Kier molecular flexibility index (Phi) is 6.07. The van der Waals surface area contributed by atoms with E-state index in [0.717, 1.165) is 4.90 Å². The zero-order valence-corrected chi connectivity index (χ0v) is 19.7. The van der Waals surface area contributed by atoms with E-state index in [4.69, 9.17) is 25.8 Å². The number of anilines is 1. The van der Waals surface area contributed by atoms with E-state index in [1.165, 1.54) is 25.1 Å².